The fourth-order valence-corrected chi connectivity index (χ4v) is 4.68. The van der Waals surface area contributed by atoms with Crippen LogP contribution in [-0.4, -0.2) is 43.1 Å². The SMILES string of the molecule is CC(C)(C)[Si](C)(C)OC1CC2C(O)C(c3ccccc3)=CN2C1. The highest BCUT2D eigenvalue weighted by molar-refractivity contribution is 6.74. The van der Waals surface area contributed by atoms with Crippen molar-refractivity contribution in [1.82, 2.24) is 4.90 Å². The van der Waals surface area contributed by atoms with Crippen molar-refractivity contribution in [3.8, 4) is 0 Å². The molecule has 0 radical (unpaired) electrons. The topological polar surface area (TPSA) is 32.7 Å². The van der Waals surface area contributed by atoms with E-state index >= 15 is 0 Å². The highest BCUT2D eigenvalue weighted by Gasteiger charge is 2.46. The molecule has 0 aromatic heterocycles. The monoisotopic (exact) mass is 331 g/mol. The van der Waals surface area contributed by atoms with E-state index in [0.29, 0.717) is 0 Å². The van der Waals surface area contributed by atoms with Gasteiger partial charge in [0, 0.05) is 18.3 Å². The number of hydrogen-bond acceptors (Lipinski definition) is 3. The molecule has 1 N–H and O–H groups in total. The number of aliphatic hydroxyl groups is 1. The summed E-state index contributed by atoms with van der Waals surface area (Å²) in [5.41, 5.74) is 2.16. The van der Waals surface area contributed by atoms with Crippen LogP contribution in [0.1, 0.15) is 32.8 Å². The lowest BCUT2D eigenvalue weighted by atomic mass is 9.98. The molecule has 3 atom stereocenters. The third kappa shape index (κ3) is 3.12. The average Bonchev–Trinajstić information content (AvgIpc) is 2.97. The van der Waals surface area contributed by atoms with Crippen LogP contribution in [0.3, 0.4) is 0 Å². The normalized spacial score (nSPS) is 28.0. The van der Waals surface area contributed by atoms with Gasteiger partial charge in [-0.3, -0.25) is 0 Å². The van der Waals surface area contributed by atoms with E-state index in [-0.39, 0.29) is 17.2 Å². The molecular formula is C19H29NO2Si. The van der Waals surface area contributed by atoms with Gasteiger partial charge in [0.05, 0.1) is 12.1 Å². The first-order chi connectivity index (χ1) is 10.7. The van der Waals surface area contributed by atoms with E-state index in [0.717, 1.165) is 24.1 Å². The molecule has 0 aliphatic carbocycles. The van der Waals surface area contributed by atoms with E-state index in [1.54, 1.807) is 0 Å². The molecule has 2 aliphatic rings. The summed E-state index contributed by atoms with van der Waals surface area (Å²) in [6.45, 7) is 12.3. The summed E-state index contributed by atoms with van der Waals surface area (Å²) in [6.07, 6.45) is 2.88. The van der Waals surface area contributed by atoms with Crippen LogP contribution < -0.4 is 0 Å². The van der Waals surface area contributed by atoms with Gasteiger partial charge in [-0.25, -0.2) is 0 Å². The molecule has 126 valence electrons. The maximum Gasteiger partial charge on any atom is 0.192 e. The van der Waals surface area contributed by atoms with Crippen molar-refractivity contribution < 1.29 is 9.53 Å². The number of nitrogens with zero attached hydrogens (tertiary/aromatic N) is 1. The minimum absolute atomic E-state index is 0.167. The lowest BCUT2D eigenvalue weighted by Gasteiger charge is -2.38. The molecule has 0 spiro atoms. The molecule has 1 saturated heterocycles. The van der Waals surface area contributed by atoms with E-state index < -0.39 is 14.4 Å². The van der Waals surface area contributed by atoms with Crippen LogP contribution >= 0.6 is 0 Å². The van der Waals surface area contributed by atoms with Crippen molar-refractivity contribution in [2.75, 3.05) is 6.54 Å². The number of aliphatic hydroxyl groups excluding tert-OH is 1. The summed E-state index contributed by atoms with van der Waals surface area (Å²) in [6, 6.07) is 10.4. The third-order valence-electron chi connectivity index (χ3n) is 5.71. The fraction of sp³-hybridized carbons (Fsp3) is 0.579. The first-order valence-corrected chi connectivity index (χ1v) is 11.5. The van der Waals surface area contributed by atoms with Crippen molar-refractivity contribution in [2.45, 2.75) is 63.6 Å². The van der Waals surface area contributed by atoms with Crippen LogP contribution in [0.4, 0.5) is 0 Å². The molecule has 3 nitrogen and oxygen atoms in total. The summed E-state index contributed by atoms with van der Waals surface area (Å²) in [5, 5.41) is 11.0. The Morgan fingerprint density at radius 2 is 1.83 bits per heavy atom. The van der Waals surface area contributed by atoms with Gasteiger partial charge in [-0.1, -0.05) is 51.1 Å². The standard InChI is InChI=1S/C19H29NO2Si/c1-19(2,3)23(4,5)22-15-11-17-18(21)16(13-20(17)12-15)14-9-7-6-8-10-14/h6-10,13,15,17-18,21H,11-12H2,1-5H3. The van der Waals surface area contributed by atoms with Crippen LogP contribution in [-0.2, 0) is 4.43 Å². The van der Waals surface area contributed by atoms with Crippen molar-refractivity contribution in [1.29, 1.82) is 0 Å². The highest BCUT2D eigenvalue weighted by Crippen LogP contribution is 2.41. The summed E-state index contributed by atoms with van der Waals surface area (Å²) in [4.78, 5) is 2.28. The van der Waals surface area contributed by atoms with Gasteiger partial charge in [0.15, 0.2) is 8.32 Å². The molecule has 0 amide bonds. The van der Waals surface area contributed by atoms with Gasteiger partial charge in [-0.05, 0) is 30.1 Å². The van der Waals surface area contributed by atoms with Gasteiger partial charge < -0.3 is 14.4 Å². The second-order valence-electron chi connectivity index (χ2n) is 8.40. The number of fused-ring (bicyclic) bond motifs is 1. The van der Waals surface area contributed by atoms with Crippen molar-refractivity contribution in [2.24, 2.45) is 0 Å². The lowest BCUT2D eigenvalue weighted by molar-refractivity contribution is 0.157. The average molecular weight is 332 g/mol. The molecule has 23 heavy (non-hydrogen) atoms. The number of hydrogen-bond donors (Lipinski definition) is 1. The van der Waals surface area contributed by atoms with Crippen LogP contribution in [0.15, 0.2) is 36.5 Å². The predicted molar refractivity (Wildman–Crippen MR) is 97.6 cm³/mol. The van der Waals surface area contributed by atoms with Crippen LogP contribution in [0.5, 0.6) is 0 Å². The molecule has 1 fully saturated rings. The Balaban J connectivity index is 1.71. The van der Waals surface area contributed by atoms with E-state index in [2.05, 4.69) is 57.1 Å². The largest absolute Gasteiger partial charge is 0.412 e. The van der Waals surface area contributed by atoms with E-state index in [9.17, 15) is 5.11 Å². The van der Waals surface area contributed by atoms with E-state index in [4.69, 9.17) is 4.43 Å². The highest BCUT2D eigenvalue weighted by atomic mass is 28.4. The minimum Gasteiger partial charge on any atom is -0.412 e. The third-order valence-corrected chi connectivity index (χ3v) is 10.2. The Morgan fingerprint density at radius 3 is 2.39 bits per heavy atom. The summed E-state index contributed by atoms with van der Waals surface area (Å²) in [5.74, 6) is 0. The maximum atomic E-state index is 10.7. The lowest BCUT2D eigenvalue weighted by Crippen LogP contribution is -2.44. The van der Waals surface area contributed by atoms with Gasteiger partial charge in [-0.2, -0.15) is 0 Å². The molecule has 1 aromatic rings. The zero-order chi connectivity index (χ0) is 16.8. The van der Waals surface area contributed by atoms with E-state index in [1.807, 2.05) is 18.2 Å². The molecular weight excluding hydrogens is 302 g/mol. The van der Waals surface area contributed by atoms with E-state index in [1.165, 1.54) is 0 Å². The first kappa shape index (κ1) is 16.7. The zero-order valence-corrected chi connectivity index (χ0v) is 15.9. The molecule has 2 aliphatic heterocycles. The zero-order valence-electron chi connectivity index (χ0n) is 14.9. The van der Waals surface area contributed by atoms with Crippen LogP contribution in [0, 0.1) is 0 Å². The molecule has 0 bridgehead atoms. The Labute approximate surface area is 141 Å². The summed E-state index contributed by atoms with van der Waals surface area (Å²) >= 11 is 0. The number of benzene rings is 1. The van der Waals surface area contributed by atoms with Crippen LogP contribution in [0.25, 0.3) is 5.57 Å². The molecule has 3 rings (SSSR count). The summed E-state index contributed by atoms with van der Waals surface area (Å²) in [7, 11) is -1.75. The maximum absolute atomic E-state index is 10.7. The minimum atomic E-state index is -1.75. The van der Waals surface area contributed by atoms with Crippen molar-refractivity contribution in [3.05, 3.63) is 42.1 Å². The van der Waals surface area contributed by atoms with Gasteiger partial charge in [0.25, 0.3) is 0 Å². The Bertz CT molecular complexity index is 591. The van der Waals surface area contributed by atoms with Gasteiger partial charge >= 0.3 is 0 Å². The molecule has 1 aromatic carbocycles. The molecule has 4 heteroatoms. The Hall–Kier alpha value is -1.10. The molecule has 0 saturated carbocycles. The van der Waals surface area contributed by atoms with Crippen molar-refractivity contribution in [3.63, 3.8) is 0 Å². The second-order valence-corrected chi connectivity index (χ2v) is 13.2. The van der Waals surface area contributed by atoms with Crippen LogP contribution in [0.2, 0.25) is 18.1 Å². The molecule has 3 unspecified atom stereocenters. The van der Waals surface area contributed by atoms with Crippen molar-refractivity contribution >= 4 is 13.9 Å². The summed E-state index contributed by atoms with van der Waals surface area (Å²) < 4.78 is 6.55. The molecule has 2 heterocycles. The Kier molecular flexibility index (Phi) is 4.19. The first-order valence-electron chi connectivity index (χ1n) is 8.58. The smallest absolute Gasteiger partial charge is 0.192 e. The van der Waals surface area contributed by atoms with Gasteiger partial charge in [0.2, 0.25) is 0 Å². The second kappa shape index (κ2) is 5.76. The quantitative estimate of drug-likeness (QED) is 0.854. The number of rotatable bonds is 3. The fourth-order valence-electron chi connectivity index (χ4n) is 3.33. The Morgan fingerprint density at radius 1 is 1.17 bits per heavy atom. The van der Waals surface area contributed by atoms with Gasteiger partial charge in [0.1, 0.15) is 6.10 Å². The predicted octanol–water partition coefficient (Wildman–Crippen LogP) is 3.87. The van der Waals surface area contributed by atoms with Gasteiger partial charge in [-0.15, -0.1) is 0 Å².